The van der Waals surface area contributed by atoms with Gasteiger partial charge in [0.2, 0.25) is 5.91 Å². The summed E-state index contributed by atoms with van der Waals surface area (Å²) >= 11 is 19.1. The molecule has 0 aliphatic carbocycles. The van der Waals surface area contributed by atoms with Crippen LogP contribution in [-0.2, 0) is 9.63 Å². The summed E-state index contributed by atoms with van der Waals surface area (Å²) in [5.74, 6) is 0.436. The number of halogens is 2. The number of thiocarbonyl (C=S) groups is 1. The van der Waals surface area contributed by atoms with Gasteiger partial charge in [0.25, 0.3) is 0 Å². The average Bonchev–Trinajstić information content (AvgIpc) is 3.26. The number of benzene rings is 2. The van der Waals surface area contributed by atoms with Crippen molar-refractivity contribution < 1.29 is 9.63 Å². The Morgan fingerprint density at radius 1 is 1.11 bits per heavy atom. The molecule has 2 aliphatic rings. The Kier molecular flexibility index (Phi) is 5.86. The van der Waals surface area contributed by atoms with Crippen molar-refractivity contribution in [1.82, 2.24) is 4.90 Å². The van der Waals surface area contributed by atoms with E-state index in [0.29, 0.717) is 20.9 Å². The first kappa shape index (κ1) is 20.0. The molecule has 146 valence electrons. The van der Waals surface area contributed by atoms with Crippen molar-refractivity contribution in [3.8, 4) is 0 Å². The highest BCUT2D eigenvalue weighted by atomic mass is 35.5. The molecule has 2 aromatic carbocycles. The minimum Gasteiger partial charge on any atom is -0.297 e. The second-order valence-corrected chi connectivity index (χ2v) is 9.34. The number of rotatable bonds is 3. The lowest BCUT2D eigenvalue weighted by atomic mass is 9.88. The van der Waals surface area contributed by atoms with E-state index in [9.17, 15) is 4.79 Å². The number of carbonyl (C=O) groups excluding carboxylic acids is 1. The first-order chi connectivity index (χ1) is 13.5. The van der Waals surface area contributed by atoms with Gasteiger partial charge in [0, 0.05) is 22.3 Å². The monoisotopic (exact) mass is 452 g/mol. The Labute approximate surface area is 183 Å². The van der Waals surface area contributed by atoms with Gasteiger partial charge in [-0.15, -0.1) is 0 Å². The number of hydroxylamine groups is 1. The highest BCUT2D eigenvalue weighted by Crippen LogP contribution is 2.44. The molecule has 4 nitrogen and oxygen atoms in total. The summed E-state index contributed by atoms with van der Waals surface area (Å²) in [5, 5.41) is 3.10. The van der Waals surface area contributed by atoms with Crippen LogP contribution in [0, 0.1) is 5.92 Å². The molecule has 28 heavy (non-hydrogen) atoms. The van der Waals surface area contributed by atoms with E-state index in [0.717, 1.165) is 17.0 Å². The molecule has 1 amide bonds. The summed E-state index contributed by atoms with van der Waals surface area (Å²) in [6, 6.07) is 14.6. The summed E-state index contributed by atoms with van der Waals surface area (Å²) in [6.45, 7) is 2.56. The van der Waals surface area contributed by atoms with E-state index in [4.69, 9.17) is 40.3 Å². The van der Waals surface area contributed by atoms with Crippen LogP contribution in [0.15, 0.2) is 48.5 Å². The fourth-order valence-electron chi connectivity index (χ4n) is 3.63. The Morgan fingerprint density at radius 3 is 2.29 bits per heavy atom. The molecule has 2 saturated heterocycles. The highest BCUT2D eigenvalue weighted by Gasteiger charge is 2.49. The largest absolute Gasteiger partial charge is 0.297 e. The minimum atomic E-state index is -0.395. The van der Waals surface area contributed by atoms with Gasteiger partial charge in [-0.25, -0.2) is 5.06 Å². The summed E-state index contributed by atoms with van der Waals surface area (Å²) in [7, 11) is 0. The summed E-state index contributed by atoms with van der Waals surface area (Å²) in [6.07, 6.45) is -0.308. The van der Waals surface area contributed by atoms with Gasteiger partial charge in [-0.3, -0.25) is 14.5 Å². The molecule has 2 heterocycles. The van der Waals surface area contributed by atoms with Crippen LogP contribution in [0.1, 0.15) is 18.5 Å². The van der Waals surface area contributed by atoms with Crippen molar-refractivity contribution in [1.29, 1.82) is 0 Å². The normalized spacial score (nSPS) is 24.8. The number of thioether (sulfide) groups is 1. The quantitative estimate of drug-likeness (QED) is 0.585. The Morgan fingerprint density at radius 2 is 1.71 bits per heavy atom. The van der Waals surface area contributed by atoms with Crippen molar-refractivity contribution in [3.05, 3.63) is 64.1 Å². The molecule has 2 aliphatic heterocycles. The zero-order chi connectivity index (χ0) is 19.8. The zero-order valence-electron chi connectivity index (χ0n) is 15.0. The number of amides is 1. The van der Waals surface area contributed by atoms with Crippen LogP contribution in [0.5, 0.6) is 0 Å². The predicted molar refractivity (Wildman–Crippen MR) is 119 cm³/mol. The molecule has 3 atom stereocenters. The standard InChI is InChI=1S/C20H18Cl2N2O2S2/c1-12-17(19(25)23-10-11-28-20(23)27)18(13-2-4-14(21)5-3-13)24(26-12)16-8-6-15(22)7-9-16/h2-9,12,17-18H,10-11H2,1H3/t12-,17-,18-/m0/s1. The SMILES string of the molecule is C[C@@H]1ON(c2ccc(Cl)cc2)[C@@H](c2ccc(Cl)cc2)[C@H]1C(=O)N1CCSC1=S. The highest BCUT2D eigenvalue weighted by molar-refractivity contribution is 8.23. The van der Waals surface area contributed by atoms with Crippen molar-refractivity contribution in [2.24, 2.45) is 5.92 Å². The van der Waals surface area contributed by atoms with Crippen molar-refractivity contribution in [3.63, 3.8) is 0 Å². The molecule has 0 aromatic heterocycles. The van der Waals surface area contributed by atoms with Gasteiger partial charge in [0.05, 0.1) is 23.8 Å². The second kappa shape index (κ2) is 8.20. The van der Waals surface area contributed by atoms with Crippen LogP contribution in [0.4, 0.5) is 5.69 Å². The second-order valence-electron chi connectivity index (χ2n) is 6.74. The van der Waals surface area contributed by atoms with Crippen LogP contribution in [0.3, 0.4) is 0 Å². The molecule has 0 bridgehead atoms. The lowest BCUT2D eigenvalue weighted by Gasteiger charge is -2.29. The minimum absolute atomic E-state index is 0.00101. The van der Waals surface area contributed by atoms with Crippen LogP contribution < -0.4 is 5.06 Å². The van der Waals surface area contributed by atoms with Gasteiger partial charge < -0.3 is 0 Å². The lowest BCUT2D eigenvalue weighted by Crippen LogP contribution is -2.41. The molecule has 0 unspecified atom stereocenters. The van der Waals surface area contributed by atoms with E-state index in [1.807, 2.05) is 55.5 Å². The van der Waals surface area contributed by atoms with Gasteiger partial charge >= 0.3 is 0 Å². The van der Waals surface area contributed by atoms with E-state index in [1.54, 1.807) is 21.7 Å². The number of anilines is 1. The summed E-state index contributed by atoms with van der Waals surface area (Å²) in [5.41, 5.74) is 1.80. The van der Waals surface area contributed by atoms with E-state index in [-0.39, 0.29) is 18.1 Å². The fraction of sp³-hybridized carbons (Fsp3) is 0.300. The van der Waals surface area contributed by atoms with E-state index in [2.05, 4.69) is 0 Å². The van der Waals surface area contributed by atoms with Gasteiger partial charge in [-0.1, -0.05) is 59.3 Å². The number of hydrogen-bond donors (Lipinski definition) is 0. The third kappa shape index (κ3) is 3.76. The maximum atomic E-state index is 13.4. The summed E-state index contributed by atoms with van der Waals surface area (Å²) < 4.78 is 0.636. The molecule has 0 radical (unpaired) electrons. The van der Waals surface area contributed by atoms with E-state index < -0.39 is 5.92 Å². The van der Waals surface area contributed by atoms with Crippen molar-refractivity contribution in [2.45, 2.75) is 19.1 Å². The molecule has 8 heteroatoms. The van der Waals surface area contributed by atoms with Crippen molar-refractivity contribution >= 4 is 63.1 Å². The Balaban J connectivity index is 1.75. The maximum absolute atomic E-state index is 13.4. The van der Waals surface area contributed by atoms with Crippen LogP contribution >= 0.6 is 47.2 Å². The third-order valence-corrected chi connectivity index (χ3v) is 6.91. The molecular formula is C20H18Cl2N2O2S2. The summed E-state index contributed by atoms with van der Waals surface area (Å²) in [4.78, 5) is 21.3. The van der Waals surface area contributed by atoms with Crippen LogP contribution in [-0.4, -0.2) is 33.5 Å². The first-order valence-electron chi connectivity index (χ1n) is 8.91. The molecule has 4 rings (SSSR count). The number of carbonyl (C=O) groups is 1. The molecule has 2 aromatic rings. The smallest absolute Gasteiger partial charge is 0.236 e. The van der Waals surface area contributed by atoms with E-state index >= 15 is 0 Å². The molecule has 0 spiro atoms. The molecule has 0 saturated carbocycles. The Hall–Kier alpha value is -1.31. The molecule has 0 N–H and O–H groups in total. The van der Waals surface area contributed by atoms with Gasteiger partial charge in [-0.05, 0) is 48.9 Å². The molecule has 2 fully saturated rings. The van der Waals surface area contributed by atoms with E-state index in [1.165, 1.54) is 0 Å². The Bertz CT molecular complexity index is 892. The zero-order valence-corrected chi connectivity index (χ0v) is 18.2. The third-order valence-electron chi connectivity index (χ3n) is 4.98. The number of hydrogen-bond acceptors (Lipinski definition) is 5. The topological polar surface area (TPSA) is 32.8 Å². The first-order valence-corrected chi connectivity index (χ1v) is 11.1. The van der Waals surface area contributed by atoms with Gasteiger partial charge in [-0.2, -0.15) is 0 Å². The lowest BCUT2D eigenvalue weighted by molar-refractivity contribution is -0.132. The fourth-order valence-corrected chi connectivity index (χ4v) is 5.10. The van der Waals surface area contributed by atoms with Crippen LogP contribution in [0.25, 0.3) is 0 Å². The maximum Gasteiger partial charge on any atom is 0.236 e. The predicted octanol–water partition coefficient (Wildman–Crippen LogP) is 5.35. The van der Waals surface area contributed by atoms with Crippen molar-refractivity contribution in [2.75, 3.05) is 17.4 Å². The van der Waals surface area contributed by atoms with Crippen LogP contribution in [0.2, 0.25) is 10.0 Å². The van der Waals surface area contributed by atoms with Gasteiger partial charge in [0.15, 0.2) is 0 Å². The number of nitrogens with zero attached hydrogens (tertiary/aromatic N) is 2. The molecular weight excluding hydrogens is 435 g/mol. The van der Waals surface area contributed by atoms with Gasteiger partial charge in [0.1, 0.15) is 4.32 Å². The average molecular weight is 453 g/mol.